The summed E-state index contributed by atoms with van der Waals surface area (Å²) in [7, 11) is 1.48. The van der Waals surface area contributed by atoms with Crippen LogP contribution in [0.5, 0.6) is 5.75 Å². The molecule has 4 aromatic rings. The van der Waals surface area contributed by atoms with Crippen LogP contribution in [0.3, 0.4) is 0 Å². The maximum atomic E-state index is 13.1. The van der Waals surface area contributed by atoms with E-state index in [-0.39, 0.29) is 29.4 Å². The number of phenolic OH excluding ortho intramolecular Hbond substituents is 1. The zero-order valence-electron chi connectivity index (χ0n) is 42.1. The molecule has 4 aromatic carbocycles. The van der Waals surface area contributed by atoms with Crippen molar-refractivity contribution >= 4 is 58.3 Å². The number of aromatic hydroxyl groups is 1. The Kier molecular flexibility index (Phi) is 25.0. The van der Waals surface area contributed by atoms with Gasteiger partial charge >= 0.3 is 0 Å². The van der Waals surface area contributed by atoms with Gasteiger partial charge in [-0.3, -0.25) is 19.8 Å². The predicted octanol–water partition coefficient (Wildman–Crippen LogP) is 8.12. The Morgan fingerprint density at radius 1 is 0.767 bits per heavy atom. The minimum Gasteiger partial charge on any atom is -0.506 e. The third-order valence-electron chi connectivity index (χ3n) is 11.2. The Hall–Kier alpha value is -7.09. The summed E-state index contributed by atoms with van der Waals surface area (Å²) in [6, 6.07) is 24.9. The molecule has 18 nitrogen and oxygen atoms in total. The van der Waals surface area contributed by atoms with Crippen molar-refractivity contribution in [2.75, 3.05) is 97.7 Å². The maximum absolute atomic E-state index is 13.1. The number of amidine groups is 1. The first kappa shape index (κ1) is 56.8. The number of nitrogens with two attached hydrogens (primary N) is 1. The Morgan fingerprint density at radius 2 is 1.41 bits per heavy atom. The van der Waals surface area contributed by atoms with Crippen LogP contribution in [0.15, 0.2) is 113 Å². The summed E-state index contributed by atoms with van der Waals surface area (Å²) in [5, 5.41) is 32.0. The van der Waals surface area contributed by atoms with Crippen molar-refractivity contribution in [3.63, 3.8) is 0 Å². The molecule has 1 heterocycles. The number of rotatable bonds is 33. The number of benzene rings is 4. The molecule has 73 heavy (non-hydrogen) atoms. The number of phenols is 1. The number of aryl methyl sites for hydroxylation is 1. The number of fused-ring (bicyclic) bond motifs is 1. The highest BCUT2D eigenvalue weighted by Crippen LogP contribution is 2.32. The van der Waals surface area contributed by atoms with Crippen molar-refractivity contribution in [3.05, 3.63) is 131 Å². The molecule has 0 fully saturated rings. The molecule has 0 aromatic heterocycles. The number of ether oxygens (including phenoxy) is 6. The van der Waals surface area contributed by atoms with E-state index in [1.54, 1.807) is 60.7 Å². The molecule has 0 radical (unpaired) electrons. The standard InChI is InChI=1S/C55H70N8O10/c1-4-25-63-49-20-13-42(36-46(49)39-52(63)60-55(67)45-11-6-10-44(38-45)40(2)56)15-22-53(65)58-23-7-26-69-28-30-71-32-34-73-35-33-72-31-29-70-27-8-24-59-54(66)43-16-18-47(19-17-43)61-62-48-37-41(14-21-50(48)64)9-5-12-51(57)68-3/h6,10-11,13-22,36-38,57,64H,2,4-5,7-9,12,23-35,39,56H2,1,3H3,(H,58,65)(H,59,66)/b22-15+,57-51?,60-52?,62-61?. The highest BCUT2D eigenvalue weighted by molar-refractivity contribution is 6.12. The summed E-state index contributed by atoms with van der Waals surface area (Å²) in [4.78, 5) is 44.7. The molecule has 0 saturated carbocycles. The number of hydrogen-bond acceptors (Lipinski definition) is 14. The normalized spacial score (nSPS) is 12.7. The van der Waals surface area contributed by atoms with Crippen molar-refractivity contribution in [3.8, 4) is 5.75 Å². The number of nitrogens with one attached hydrogen (secondary N) is 3. The second kappa shape index (κ2) is 32.1. The first-order chi connectivity index (χ1) is 35.5. The first-order valence-electron chi connectivity index (χ1n) is 24.7. The van der Waals surface area contributed by atoms with Gasteiger partial charge in [0.1, 0.15) is 17.3 Å². The van der Waals surface area contributed by atoms with Crippen LogP contribution >= 0.6 is 0 Å². The molecule has 0 bridgehead atoms. The van der Waals surface area contributed by atoms with Crippen molar-refractivity contribution in [2.45, 2.75) is 51.9 Å². The van der Waals surface area contributed by atoms with Crippen LogP contribution in [-0.2, 0) is 46.1 Å². The van der Waals surface area contributed by atoms with Crippen LogP contribution in [-0.4, -0.2) is 127 Å². The Balaban J connectivity index is 0.806. The third kappa shape index (κ3) is 20.5. The van der Waals surface area contributed by atoms with Gasteiger partial charge in [0.2, 0.25) is 5.91 Å². The van der Waals surface area contributed by atoms with Gasteiger partial charge in [-0.25, -0.2) is 0 Å². The number of anilines is 1. The number of amides is 3. The summed E-state index contributed by atoms with van der Waals surface area (Å²) in [6.45, 7) is 12.0. The quantitative estimate of drug-likeness (QED) is 0.01000. The largest absolute Gasteiger partial charge is 0.506 e. The minimum atomic E-state index is -0.333. The molecule has 0 atom stereocenters. The van der Waals surface area contributed by atoms with Crippen LogP contribution in [0.4, 0.5) is 17.1 Å². The van der Waals surface area contributed by atoms with Crippen LogP contribution in [0.25, 0.3) is 11.8 Å². The Labute approximate surface area is 428 Å². The van der Waals surface area contributed by atoms with Crippen molar-refractivity contribution in [1.82, 2.24) is 10.6 Å². The van der Waals surface area contributed by atoms with E-state index >= 15 is 0 Å². The van der Waals surface area contributed by atoms with Gasteiger partial charge in [-0.05, 0) is 121 Å². The zero-order chi connectivity index (χ0) is 52.0. The molecule has 5 rings (SSSR count). The lowest BCUT2D eigenvalue weighted by molar-refractivity contribution is -0.116. The molecule has 1 aliphatic rings. The number of azo groups is 1. The van der Waals surface area contributed by atoms with E-state index in [9.17, 15) is 19.5 Å². The van der Waals surface area contributed by atoms with Crippen molar-refractivity contribution in [2.24, 2.45) is 21.0 Å². The lowest BCUT2D eigenvalue weighted by Crippen LogP contribution is -2.28. The highest BCUT2D eigenvalue weighted by Gasteiger charge is 2.26. The predicted molar refractivity (Wildman–Crippen MR) is 283 cm³/mol. The van der Waals surface area contributed by atoms with Crippen LogP contribution in [0.2, 0.25) is 0 Å². The second-order valence-electron chi connectivity index (χ2n) is 16.9. The van der Waals surface area contributed by atoms with Gasteiger partial charge in [-0.1, -0.05) is 37.8 Å². The van der Waals surface area contributed by atoms with Gasteiger partial charge in [0.25, 0.3) is 11.8 Å². The zero-order valence-corrected chi connectivity index (χ0v) is 42.1. The van der Waals surface area contributed by atoms with Gasteiger partial charge in [-0.2, -0.15) is 10.1 Å². The van der Waals surface area contributed by atoms with E-state index in [4.69, 9.17) is 39.6 Å². The number of nitrogens with zero attached hydrogens (tertiary/aromatic N) is 4. The first-order valence-corrected chi connectivity index (χ1v) is 24.7. The summed E-state index contributed by atoms with van der Waals surface area (Å²) < 4.78 is 32.8. The molecule has 0 unspecified atom stereocenters. The molecule has 0 saturated heterocycles. The number of carbonyl (C=O) groups is 3. The summed E-state index contributed by atoms with van der Waals surface area (Å²) in [6.07, 6.45) is 7.98. The fraction of sp³-hybridized carbons (Fsp3) is 0.400. The van der Waals surface area contributed by atoms with Gasteiger partial charge in [-0.15, -0.1) is 5.11 Å². The lowest BCUT2D eigenvalue weighted by atomic mass is 10.1. The monoisotopic (exact) mass is 1000 g/mol. The topological polar surface area (TPSA) is 241 Å². The van der Waals surface area contributed by atoms with Gasteiger partial charge in [0.15, 0.2) is 5.90 Å². The van der Waals surface area contributed by atoms with Crippen molar-refractivity contribution < 1.29 is 47.9 Å². The van der Waals surface area contributed by atoms with Gasteiger partial charge in [0.05, 0.1) is 65.7 Å². The van der Waals surface area contributed by atoms with Crippen molar-refractivity contribution in [1.29, 1.82) is 5.41 Å². The maximum Gasteiger partial charge on any atom is 0.278 e. The number of carbonyl (C=O) groups excluding carboxylic acids is 3. The number of aliphatic imine (C=N–C) groups is 1. The lowest BCUT2D eigenvalue weighted by Gasteiger charge is -2.19. The third-order valence-corrected chi connectivity index (χ3v) is 11.2. The second-order valence-corrected chi connectivity index (χ2v) is 16.9. The van der Waals surface area contributed by atoms with E-state index < -0.39 is 0 Å². The average Bonchev–Trinajstić information content (AvgIpc) is 3.73. The SMILES string of the molecule is C=C(N)c1cccc(C(=O)N=C2Cc3cc(/C=C/C(=O)NCCCOCCOCCOCCOCCOCCCNC(=O)c4ccc(N=Nc5cc(CCCC(=N)OC)ccc5O)cc4)ccc3N2CCC)c1. The number of hydrogen-bond donors (Lipinski definition) is 5. The average molecular weight is 1000 g/mol. The summed E-state index contributed by atoms with van der Waals surface area (Å²) >= 11 is 0. The van der Waals surface area contributed by atoms with Crippen LogP contribution in [0, 0.1) is 5.41 Å². The fourth-order valence-corrected chi connectivity index (χ4v) is 7.35. The van der Waals surface area contributed by atoms with E-state index in [0.29, 0.717) is 151 Å². The van der Waals surface area contributed by atoms with Crippen LogP contribution < -0.4 is 21.3 Å². The Bertz CT molecular complexity index is 2510. The fourth-order valence-electron chi connectivity index (χ4n) is 7.35. The molecular weight excluding hydrogens is 933 g/mol. The van der Waals surface area contributed by atoms with E-state index in [1.807, 2.05) is 30.3 Å². The molecular formula is C55H70N8O10. The minimum absolute atomic E-state index is 0.0153. The van der Waals surface area contributed by atoms with E-state index in [0.717, 1.165) is 41.8 Å². The molecule has 6 N–H and O–H groups in total. The smallest absolute Gasteiger partial charge is 0.278 e. The molecule has 1 aliphatic heterocycles. The molecule has 0 spiro atoms. The van der Waals surface area contributed by atoms with E-state index in [1.165, 1.54) is 13.2 Å². The molecule has 3 amide bonds. The van der Waals surface area contributed by atoms with Gasteiger partial charge < -0.3 is 54.8 Å². The molecule has 390 valence electrons. The van der Waals surface area contributed by atoms with Crippen LogP contribution in [0.1, 0.15) is 82.0 Å². The summed E-state index contributed by atoms with van der Waals surface area (Å²) in [5.41, 5.74) is 12.6. The van der Waals surface area contributed by atoms with E-state index in [2.05, 4.69) is 44.3 Å². The molecule has 0 aliphatic carbocycles. The summed E-state index contributed by atoms with van der Waals surface area (Å²) in [5.74, 6) is 0.207. The molecule has 18 heteroatoms. The number of methoxy groups -OCH3 is 1. The van der Waals surface area contributed by atoms with Gasteiger partial charge in [0, 0.05) is 74.3 Å². The highest BCUT2D eigenvalue weighted by atomic mass is 16.6. The Morgan fingerprint density at radius 3 is 2.05 bits per heavy atom.